The van der Waals surface area contributed by atoms with Crippen LogP contribution in [0.4, 0.5) is 5.82 Å². The summed E-state index contributed by atoms with van der Waals surface area (Å²) in [4.78, 5) is 1.21. The molecule has 3 nitrogen and oxygen atoms in total. The smallest absolute Gasteiger partial charge is 0.176 e. The molecule has 0 amide bonds. The van der Waals surface area contributed by atoms with E-state index in [4.69, 9.17) is 10.3 Å². The Labute approximate surface area is 128 Å². The SMILES string of the molecule is CSc1ccc(-c2onc(N)c2-c2cccc(C)c2)cc1. The lowest BCUT2D eigenvalue weighted by atomic mass is 10.0. The van der Waals surface area contributed by atoms with Gasteiger partial charge in [-0.2, -0.15) is 0 Å². The highest BCUT2D eigenvalue weighted by molar-refractivity contribution is 7.98. The van der Waals surface area contributed by atoms with Crippen LogP contribution in [0.15, 0.2) is 57.9 Å². The van der Waals surface area contributed by atoms with Crippen molar-refractivity contribution in [1.29, 1.82) is 0 Å². The molecule has 0 aliphatic rings. The summed E-state index contributed by atoms with van der Waals surface area (Å²) in [7, 11) is 0. The van der Waals surface area contributed by atoms with E-state index in [1.165, 1.54) is 10.5 Å². The Kier molecular flexibility index (Phi) is 3.71. The van der Waals surface area contributed by atoms with E-state index < -0.39 is 0 Å². The molecule has 4 heteroatoms. The Balaban J connectivity index is 2.12. The van der Waals surface area contributed by atoms with Crippen LogP contribution in [0.3, 0.4) is 0 Å². The zero-order valence-corrected chi connectivity index (χ0v) is 12.8. The third-order valence-electron chi connectivity index (χ3n) is 3.38. The summed E-state index contributed by atoms with van der Waals surface area (Å²) in [5.41, 5.74) is 10.0. The second-order valence-corrected chi connectivity index (χ2v) is 5.75. The quantitative estimate of drug-likeness (QED) is 0.716. The molecule has 1 heterocycles. The highest BCUT2D eigenvalue weighted by Crippen LogP contribution is 2.37. The van der Waals surface area contributed by atoms with E-state index in [2.05, 4.69) is 42.6 Å². The second kappa shape index (κ2) is 5.66. The molecular weight excluding hydrogens is 280 g/mol. The van der Waals surface area contributed by atoms with Crippen molar-refractivity contribution >= 4 is 17.6 Å². The summed E-state index contributed by atoms with van der Waals surface area (Å²) in [6, 6.07) is 16.4. The van der Waals surface area contributed by atoms with E-state index in [0.29, 0.717) is 11.6 Å². The van der Waals surface area contributed by atoms with Crippen LogP contribution < -0.4 is 5.73 Å². The number of nitrogens with zero attached hydrogens (tertiary/aromatic N) is 1. The highest BCUT2D eigenvalue weighted by atomic mass is 32.2. The van der Waals surface area contributed by atoms with E-state index in [1.54, 1.807) is 11.8 Å². The van der Waals surface area contributed by atoms with Crippen LogP contribution in [0.25, 0.3) is 22.5 Å². The first-order valence-electron chi connectivity index (χ1n) is 6.65. The highest BCUT2D eigenvalue weighted by Gasteiger charge is 2.17. The first-order valence-corrected chi connectivity index (χ1v) is 7.88. The number of benzene rings is 2. The molecule has 0 unspecified atom stereocenters. The minimum atomic E-state index is 0.421. The first kappa shape index (κ1) is 13.8. The van der Waals surface area contributed by atoms with Crippen molar-refractivity contribution in [3.8, 4) is 22.5 Å². The maximum absolute atomic E-state index is 6.01. The van der Waals surface area contributed by atoms with Crippen molar-refractivity contribution in [1.82, 2.24) is 5.16 Å². The van der Waals surface area contributed by atoms with Gasteiger partial charge in [0.25, 0.3) is 0 Å². The number of rotatable bonds is 3. The number of aryl methyl sites for hydroxylation is 1. The minimum absolute atomic E-state index is 0.421. The fourth-order valence-electron chi connectivity index (χ4n) is 2.32. The molecule has 0 saturated carbocycles. The van der Waals surface area contributed by atoms with Crippen LogP contribution in [0.1, 0.15) is 5.56 Å². The zero-order valence-electron chi connectivity index (χ0n) is 12.0. The predicted octanol–water partition coefficient (Wildman–Crippen LogP) is 4.62. The van der Waals surface area contributed by atoms with Gasteiger partial charge in [-0.25, -0.2) is 0 Å². The second-order valence-electron chi connectivity index (χ2n) is 4.87. The van der Waals surface area contributed by atoms with Crippen molar-refractivity contribution in [2.24, 2.45) is 0 Å². The number of nitrogen functional groups attached to an aromatic ring is 1. The standard InChI is InChI=1S/C17H16N2OS/c1-11-4-3-5-13(10-11)15-16(20-19-17(15)18)12-6-8-14(21-2)9-7-12/h3-10H,1-2H3,(H2,18,19). The molecule has 1 aromatic heterocycles. The Morgan fingerprint density at radius 1 is 1.05 bits per heavy atom. The summed E-state index contributed by atoms with van der Waals surface area (Å²) in [6.45, 7) is 2.06. The molecule has 2 aromatic carbocycles. The lowest BCUT2D eigenvalue weighted by Crippen LogP contribution is -1.89. The molecule has 3 rings (SSSR count). The van der Waals surface area contributed by atoms with Gasteiger partial charge in [0.15, 0.2) is 11.6 Å². The van der Waals surface area contributed by atoms with Crippen LogP contribution in [-0.4, -0.2) is 11.4 Å². The molecular formula is C17H16N2OS. The fourth-order valence-corrected chi connectivity index (χ4v) is 2.73. The molecule has 0 radical (unpaired) electrons. The van der Waals surface area contributed by atoms with Gasteiger partial charge in [0.1, 0.15) is 0 Å². The Bertz CT molecular complexity index is 763. The average Bonchev–Trinajstić information content (AvgIpc) is 2.89. The lowest BCUT2D eigenvalue weighted by molar-refractivity contribution is 0.436. The molecule has 0 atom stereocenters. The van der Waals surface area contributed by atoms with Crippen molar-refractivity contribution < 1.29 is 4.52 Å². The lowest BCUT2D eigenvalue weighted by Gasteiger charge is -2.04. The van der Waals surface area contributed by atoms with Gasteiger partial charge >= 0.3 is 0 Å². The van der Waals surface area contributed by atoms with E-state index >= 15 is 0 Å². The number of hydrogen-bond acceptors (Lipinski definition) is 4. The van der Waals surface area contributed by atoms with Crippen LogP contribution in [0.5, 0.6) is 0 Å². The molecule has 0 fully saturated rings. The van der Waals surface area contributed by atoms with Crippen molar-refractivity contribution in [2.45, 2.75) is 11.8 Å². The van der Waals surface area contributed by atoms with Gasteiger partial charge in [0.05, 0.1) is 5.56 Å². The third-order valence-corrected chi connectivity index (χ3v) is 4.12. The fraction of sp³-hybridized carbons (Fsp3) is 0.118. The first-order chi connectivity index (χ1) is 10.2. The number of thioether (sulfide) groups is 1. The van der Waals surface area contributed by atoms with E-state index in [-0.39, 0.29) is 0 Å². The summed E-state index contributed by atoms with van der Waals surface area (Å²) in [6.07, 6.45) is 2.06. The zero-order chi connectivity index (χ0) is 14.8. The third kappa shape index (κ3) is 2.67. The van der Waals surface area contributed by atoms with Gasteiger partial charge in [-0.1, -0.05) is 35.0 Å². The Hall–Kier alpha value is -2.20. The predicted molar refractivity (Wildman–Crippen MR) is 88.3 cm³/mol. The molecule has 0 aliphatic heterocycles. The molecule has 2 N–H and O–H groups in total. The van der Waals surface area contributed by atoms with Crippen molar-refractivity contribution in [3.63, 3.8) is 0 Å². The van der Waals surface area contributed by atoms with Crippen LogP contribution in [0.2, 0.25) is 0 Å². The van der Waals surface area contributed by atoms with Crippen LogP contribution in [-0.2, 0) is 0 Å². The van der Waals surface area contributed by atoms with Crippen LogP contribution >= 0.6 is 11.8 Å². The number of hydrogen-bond donors (Lipinski definition) is 1. The van der Waals surface area contributed by atoms with Gasteiger partial charge < -0.3 is 10.3 Å². The average molecular weight is 296 g/mol. The molecule has 21 heavy (non-hydrogen) atoms. The summed E-state index contributed by atoms with van der Waals surface area (Å²) in [5.74, 6) is 1.13. The summed E-state index contributed by atoms with van der Waals surface area (Å²) in [5, 5.41) is 3.94. The van der Waals surface area contributed by atoms with Crippen LogP contribution in [0, 0.1) is 6.92 Å². The summed E-state index contributed by atoms with van der Waals surface area (Å²) >= 11 is 1.71. The van der Waals surface area contributed by atoms with Gasteiger partial charge in [0.2, 0.25) is 0 Å². The largest absolute Gasteiger partial charge is 0.380 e. The molecule has 0 spiro atoms. The van der Waals surface area contributed by atoms with Gasteiger partial charge in [-0.05, 0) is 43.0 Å². The molecule has 0 bridgehead atoms. The molecule has 3 aromatic rings. The maximum Gasteiger partial charge on any atom is 0.176 e. The van der Waals surface area contributed by atoms with E-state index in [1.807, 2.05) is 24.3 Å². The van der Waals surface area contributed by atoms with Crippen molar-refractivity contribution in [2.75, 3.05) is 12.0 Å². The molecule has 106 valence electrons. The molecule has 0 saturated heterocycles. The van der Waals surface area contributed by atoms with Gasteiger partial charge in [-0.3, -0.25) is 0 Å². The van der Waals surface area contributed by atoms with Gasteiger partial charge in [-0.15, -0.1) is 11.8 Å². The number of aromatic nitrogens is 1. The number of nitrogens with two attached hydrogens (primary N) is 1. The number of anilines is 1. The van der Waals surface area contributed by atoms with Crippen molar-refractivity contribution in [3.05, 3.63) is 54.1 Å². The topological polar surface area (TPSA) is 52.0 Å². The molecule has 0 aliphatic carbocycles. The Morgan fingerprint density at radius 2 is 1.81 bits per heavy atom. The normalized spacial score (nSPS) is 10.8. The van der Waals surface area contributed by atoms with E-state index in [0.717, 1.165) is 16.7 Å². The van der Waals surface area contributed by atoms with Gasteiger partial charge in [0, 0.05) is 10.5 Å². The Morgan fingerprint density at radius 3 is 2.48 bits per heavy atom. The minimum Gasteiger partial charge on any atom is -0.380 e. The summed E-state index contributed by atoms with van der Waals surface area (Å²) < 4.78 is 5.47. The van der Waals surface area contributed by atoms with E-state index in [9.17, 15) is 0 Å². The monoisotopic (exact) mass is 296 g/mol. The maximum atomic E-state index is 6.01.